The minimum absolute atomic E-state index is 0.492. The standard InChI is InChI=1S/C11H13Cl2N/c1-7(8-5-6-8)14-10-4-2-3-9(12)11(10)13/h2-4,7-8,14H,5-6H2,1H3. The van der Waals surface area contributed by atoms with Crippen LogP contribution in [0.5, 0.6) is 0 Å². The lowest BCUT2D eigenvalue weighted by Crippen LogP contribution is -2.17. The summed E-state index contributed by atoms with van der Waals surface area (Å²) in [6.07, 6.45) is 2.65. The Balaban J connectivity index is 2.11. The summed E-state index contributed by atoms with van der Waals surface area (Å²) in [5.41, 5.74) is 0.943. The van der Waals surface area contributed by atoms with E-state index in [4.69, 9.17) is 23.2 Å². The first-order valence-corrected chi connectivity index (χ1v) is 5.64. The third-order valence-corrected chi connectivity index (χ3v) is 3.48. The van der Waals surface area contributed by atoms with Gasteiger partial charge in [0.2, 0.25) is 0 Å². The maximum atomic E-state index is 6.07. The van der Waals surface area contributed by atoms with Crippen LogP contribution in [-0.4, -0.2) is 6.04 Å². The van der Waals surface area contributed by atoms with Gasteiger partial charge in [-0.1, -0.05) is 29.3 Å². The van der Waals surface area contributed by atoms with E-state index in [2.05, 4.69) is 12.2 Å². The molecule has 14 heavy (non-hydrogen) atoms. The van der Waals surface area contributed by atoms with E-state index in [1.165, 1.54) is 12.8 Å². The van der Waals surface area contributed by atoms with Crippen LogP contribution in [0.3, 0.4) is 0 Å². The molecular formula is C11H13Cl2N. The van der Waals surface area contributed by atoms with Crippen LogP contribution in [-0.2, 0) is 0 Å². The SMILES string of the molecule is CC(Nc1cccc(Cl)c1Cl)C1CC1. The summed E-state index contributed by atoms with van der Waals surface area (Å²) in [4.78, 5) is 0. The monoisotopic (exact) mass is 229 g/mol. The van der Waals surface area contributed by atoms with Crippen LogP contribution in [0.25, 0.3) is 0 Å². The van der Waals surface area contributed by atoms with Crippen LogP contribution in [0.15, 0.2) is 18.2 Å². The van der Waals surface area contributed by atoms with Gasteiger partial charge in [-0.15, -0.1) is 0 Å². The molecule has 1 saturated carbocycles. The molecule has 1 N–H and O–H groups in total. The fourth-order valence-electron chi connectivity index (χ4n) is 1.57. The molecule has 0 amide bonds. The van der Waals surface area contributed by atoms with Crippen LogP contribution >= 0.6 is 23.2 Å². The third-order valence-electron chi connectivity index (χ3n) is 2.66. The van der Waals surface area contributed by atoms with E-state index >= 15 is 0 Å². The van der Waals surface area contributed by atoms with E-state index in [0.717, 1.165) is 11.6 Å². The number of hydrogen-bond acceptors (Lipinski definition) is 1. The van der Waals surface area contributed by atoms with Gasteiger partial charge >= 0.3 is 0 Å². The van der Waals surface area contributed by atoms with Gasteiger partial charge < -0.3 is 5.32 Å². The number of anilines is 1. The fourth-order valence-corrected chi connectivity index (χ4v) is 1.93. The van der Waals surface area contributed by atoms with Gasteiger partial charge in [-0.3, -0.25) is 0 Å². The van der Waals surface area contributed by atoms with Crippen LogP contribution in [0.1, 0.15) is 19.8 Å². The van der Waals surface area contributed by atoms with Crippen molar-refractivity contribution in [1.29, 1.82) is 0 Å². The third kappa shape index (κ3) is 2.15. The van der Waals surface area contributed by atoms with E-state index in [0.29, 0.717) is 16.1 Å². The molecule has 1 atom stereocenters. The highest BCUT2D eigenvalue weighted by molar-refractivity contribution is 6.43. The quantitative estimate of drug-likeness (QED) is 0.820. The maximum absolute atomic E-state index is 6.07. The largest absolute Gasteiger partial charge is 0.381 e. The maximum Gasteiger partial charge on any atom is 0.0823 e. The fraction of sp³-hybridized carbons (Fsp3) is 0.455. The van der Waals surface area contributed by atoms with E-state index in [-0.39, 0.29) is 0 Å². The number of rotatable bonds is 3. The number of benzene rings is 1. The lowest BCUT2D eigenvalue weighted by molar-refractivity contribution is 0.694. The number of hydrogen-bond donors (Lipinski definition) is 1. The van der Waals surface area contributed by atoms with Crippen molar-refractivity contribution < 1.29 is 0 Å². The molecule has 1 fully saturated rings. The molecule has 0 radical (unpaired) electrons. The van der Waals surface area contributed by atoms with Gasteiger partial charge in [-0.2, -0.15) is 0 Å². The summed E-state index contributed by atoms with van der Waals surface area (Å²) < 4.78 is 0. The van der Waals surface area contributed by atoms with E-state index < -0.39 is 0 Å². The predicted octanol–water partition coefficient (Wildman–Crippen LogP) is 4.20. The van der Waals surface area contributed by atoms with Crippen LogP contribution < -0.4 is 5.32 Å². The molecule has 1 nitrogen and oxygen atoms in total. The van der Waals surface area contributed by atoms with E-state index in [1.807, 2.05) is 12.1 Å². The highest BCUT2D eigenvalue weighted by Gasteiger charge is 2.28. The second-order valence-corrected chi connectivity index (χ2v) is 4.66. The molecule has 1 aliphatic carbocycles. The molecular weight excluding hydrogens is 217 g/mol. The van der Waals surface area contributed by atoms with Gasteiger partial charge in [-0.25, -0.2) is 0 Å². The molecule has 2 rings (SSSR count). The number of nitrogens with one attached hydrogen (secondary N) is 1. The topological polar surface area (TPSA) is 12.0 Å². The molecule has 1 aromatic carbocycles. The summed E-state index contributed by atoms with van der Waals surface area (Å²) in [7, 11) is 0. The minimum atomic E-state index is 0.492. The predicted molar refractivity (Wildman–Crippen MR) is 62.3 cm³/mol. The van der Waals surface area contributed by atoms with Crippen LogP contribution in [0, 0.1) is 5.92 Å². The Morgan fingerprint density at radius 1 is 1.36 bits per heavy atom. The van der Waals surface area contributed by atoms with Crippen molar-refractivity contribution in [3.63, 3.8) is 0 Å². The normalized spacial score (nSPS) is 17.9. The lowest BCUT2D eigenvalue weighted by Gasteiger charge is -2.15. The smallest absolute Gasteiger partial charge is 0.0823 e. The molecule has 0 heterocycles. The molecule has 0 aromatic heterocycles. The summed E-state index contributed by atoms with van der Waals surface area (Å²) in [5, 5.41) is 4.63. The molecule has 1 aliphatic rings. The molecule has 0 bridgehead atoms. The Morgan fingerprint density at radius 3 is 2.71 bits per heavy atom. The Hall–Kier alpha value is -0.400. The molecule has 0 aliphatic heterocycles. The molecule has 0 spiro atoms. The molecule has 1 unspecified atom stereocenters. The molecule has 0 saturated heterocycles. The van der Waals surface area contributed by atoms with Crippen molar-refractivity contribution in [3.8, 4) is 0 Å². The summed E-state index contributed by atoms with van der Waals surface area (Å²) in [6.45, 7) is 2.19. The van der Waals surface area contributed by atoms with Crippen molar-refractivity contribution in [3.05, 3.63) is 28.2 Å². The first-order chi connectivity index (χ1) is 6.68. The molecule has 3 heteroatoms. The second-order valence-electron chi connectivity index (χ2n) is 3.87. The first-order valence-electron chi connectivity index (χ1n) is 4.89. The summed E-state index contributed by atoms with van der Waals surface area (Å²) in [6, 6.07) is 6.17. The minimum Gasteiger partial charge on any atom is -0.381 e. The Morgan fingerprint density at radius 2 is 2.07 bits per heavy atom. The van der Waals surface area contributed by atoms with E-state index in [9.17, 15) is 0 Å². The molecule has 1 aromatic rings. The van der Waals surface area contributed by atoms with Gasteiger partial charge in [0, 0.05) is 6.04 Å². The zero-order valence-corrected chi connectivity index (χ0v) is 9.57. The van der Waals surface area contributed by atoms with Gasteiger partial charge in [0.1, 0.15) is 0 Å². The molecule has 76 valence electrons. The van der Waals surface area contributed by atoms with Crippen LogP contribution in [0.2, 0.25) is 10.0 Å². The van der Waals surface area contributed by atoms with Gasteiger partial charge in [0.15, 0.2) is 0 Å². The van der Waals surface area contributed by atoms with Crippen molar-refractivity contribution in [2.75, 3.05) is 5.32 Å². The van der Waals surface area contributed by atoms with E-state index in [1.54, 1.807) is 6.07 Å². The van der Waals surface area contributed by atoms with Gasteiger partial charge in [0.05, 0.1) is 15.7 Å². The number of halogens is 2. The zero-order valence-electron chi connectivity index (χ0n) is 8.06. The zero-order chi connectivity index (χ0) is 10.1. The highest BCUT2D eigenvalue weighted by atomic mass is 35.5. The summed E-state index contributed by atoms with van der Waals surface area (Å²) >= 11 is 12.0. The van der Waals surface area contributed by atoms with Crippen LogP contribution in [0.4, 0.5) is 5.69 Å². The van der Waals surface area contributed by atoms with Gasteiger partial charge in [-0.05, 0) is 37.8 Å². The average Bonchev–Trinajstić information content (AvgIpc) is 2.95. The first kappa shape index (κ1) is 10.1. The van der Waals surface area contributed by atoms with Crippen molar-refractivity contribution >= 4 is 28.9 Å². The second kappa shape index (κ2) is 4.00. The Bertz CT molecular complexity index is 334. The lowest BCUT2D eigenvalue weighted by atomic mass is 10.2. The van der Waals surface area contributed by atoms with Crippen molar-refractivity contribution in [2.24, 2.45) is 5.92 Å². The average molecular weight is 230 g/mol. The summed E-state index contributed by atoms with van der Waals surface area (Å²) in [5.74, 6) is 0.810. The van der Waals surface area contributed by atoms with Crippen molar-refractivity contribution in [1.82, 2.24) is 0 Å². The van der Waals surface area contributed by atoms with Gasteiger partial charge in [0.25, 0.3) is 0 Å². The highest BCUT2D eigenvalue weighted by Crippen LogP contribution is 2.36. The Kier molecular flexibility index (Phi) is 2.89. The van der Waals surface area contributed by atoms with Crippen molar-refractivity contribution in [2.45, 2.75) is 25.8 Å². The Labute approximate surface area is 94.4 Å².